The molecule has 4 nitrogen and oxygen atoms in total. The zero-order valence-corrected chi connectivity index (χ0v) is 16.9. The van der Waals surface area contributed by atoms with Gasteiger partial charge in [-0.15, -0.1) is 0 Å². The zero-order valence-electron chi connectivity index (χ0n) is 16.9. The lowest BCUT2D eigenvalue weighted by Crippen LogP contribution is -2.41. The van der Waals surface area contributed by atoms with E-state index < -0.39 is 0 Å². The summed E-state index contributed by atoms with van der Waals surface area (Å²) >= 11 is 0. The molecule has 2 fully saturated rings. The molecule has 154 valence electrons. The average molecular weight is 396 g/mol. The van der Waals surface area contributed by atoms with Gasteiger partial charge in [-0.25, -0.2) is 4.39 Å². The van der Waals surface area contributed by atoms with E-state index in [9.17, 15) is 9.18 Å². The van der Waals surface area contributed by atoms with Crippen molar-refractivity contribution < 1.29 is 9.18 Å². The molecule has 2 aromatic rings. The number of amides is 1. The summed E-state index contributed by atoms with van der Waals surface area (Å²) < 4.78 is 13.1. The monoisotopic (exact) mass is 395 g/mol. The molecule has 1 N–H and O–H groups in total. The fourth-order valence-electron chi connectivity index (χ4n) is 4.23. The summed E-state index contributed by atoms with van der Waals surface area (Å²) in [5.74, 6) is -0.0683. The van der Waals surface area contributed by atoms with Gasteiger partial charge in [0, 0.05) is 31.6 Å². The molecule has 1 amide bonds. The van der Waals surface area contributed by atoms with E-state index in [4.69, 9.17) is 0 Å². The van der Waals surface area contributed by atoms with Crippen LogP contribution in [-0.2, 0) is 16.8 Å². The largest absolute Gasteiger partial charge is 0.354 e. The van der Waals surface area contributed by atoms with Crippen molar-refractivity contribution >= 4 is 5.91 Å². The van der Waals surface area contributed by atoms with Crippen LogP contribution in [0.3, 0.4) is 0 Å². The summed E-state index contributed by atoms with van der Waals surface area (Å²) in [4.78, 5) is 17.2. The van der Waals surface area contributed by atoms with Gasteiger partial charge in [-0.2, -0.15) is 0 Å². The molecule has 1 saturated carbocycles. The lowest BCUT2D eigenvalue weighted by molar-refractivity contribution is -0.122. The third kappa shape index (κ3) is 5.43. The van der Waals surface area contributed by atoms with Crippen LogP contribution in [0.4, 0.5) is 4.39 Å². The minimum absolute atomic E-state index is 0.124. The summed E-state index contributed by atoms with van der Waals surface area (Å²) in [5, 5.41) is 3.18. The quantitative estimate of drug-likeness (QED) is 0.782. The molecular formula is C24H30FN3O. The number of nitrogens with one attached hydrogen (secondary N) is 1. The molecule has 1 aliphatic heterocycles. The highest BCUT2D eigenvalue weighted by molar-refractivity contribution is 5.78. The van der Waals surface area contributed by atoms with E-state index in [0.29, 0.717) is 6.54 Å². The van der Waals surface area contributed by atoms with E-state index in [1.165, 1.54) is 17.7 Å². The highest BCUT2D eigenvalue weighted by atomic mass is 19.1. The van der Waals surface area contributed by atoms with Crippen LogP contribution in [-0.4, -0.2) is 55.0 Å². The topological polar surface area (TPSA) is 35.6 Å². The predicted octanol–water partition coefficient (Wildman–Crippen LogP) is 3.18. The lowest BCUT2D eigenvalue weighted by Gasteiger charge is -2.22. The van der Waals surface area contributed by atoms with Crippen LogP contribution >= 0.6 is 0 Å². The number of benzene rings is 2. The lowest BCUT2D eigenvalue weighted by atomic mass is 9.96. The van der Waals surface area contributed by atoms with Gasteiger partial charge < -0.3 is 5.32 Å². The van der Waals surface area contributed by atoms with Crippen molar-refractivity contribution in [2.24, 2.45) is 0 Å². The van der Waals surface area contributed by atoms with Gasteiger partial charge in [0.15, 0.2) is 0 Å². The fraction of sp³-hybridized carbons (Fsp3) is 0.458. The number of nitrogens with zero attached hydrogens (tertiary/aromatic N) is 2. The molecule has 2 aliphatic rings. The van der Waals surface area contributed by atoms with Gasteiger partial charge in [0.05, 0.1) is 6.54 Å². The Morgan fingerprint density at radius 3 is 2.34 bits per heavy atom. The Labute approximate surface area is 172 Å². The van der Waals surface area contributed by atoms with Gasteiger partial charge >= 0.3 is 0 Å². The van der Waals surface area contributed by atoms with Gasteiger partial charge in [0.1, 0.15) is 5.82 Å². The maximum Gasteiger partial charge on any atom is 0.234 e. The maximum atomic E-state index is 13.1. The highest BCUT2D eigenvalue weighted by Gasteiger charge is 2.44. The Morgan fingerprint density at radius 2 is 1.62 bits per heavy atom. The summed E-state index contributed by atoms with van der Waals surface area (Å²) in [7, 11) is 0. The van der Waals surface area contributed by atoms with Gasteiger partial charge in [-0.05, 0) is 55.6 Å². The van der Waals surface area contributed by atoms with Crippen LogP contribution in [0, 0.1) is 5.82 Å². The minimum atomic E-state index is -0.193. The van der Waals surface area contributed by atoms with Crippen LogP contribution in [0.15, 0.2) is 54.6 Å². The number of rotatable bonds is 7. The van der Waals surface area contributed by atoms with Crippen LogP contribution in [0.5, 0.6) is 0 Å². The first-order chi connectivity index (χ1) is 14.1. The molecule has 0 unspecified atom stereocenters. The second-order valence-electron chi connectivity index (χ2n) is 8.46. The Kier molecular flexibility index (Phi) is 6.26. The Hall–Kier alpha value is -2.24. The van der Waals surface area contributed by atoms with Gasteiger partial charge in [-0.3, -0.25) is 14.6 Å². The standard InChI is InChI=1S/C24H30FN3O/c25-22-9-7-20(8-10-22)17-27-13-4-14-28(16-15-27)18-23(29)26-19-24(11-12-24)21-5-2-1-3-6-21/h1-3,5-10H,4,11-19H2,(H,26,29). The molecule has 0 radical (unpaired) electrons. The van der Waals surface area contributed by atoms with Gasteiger partial charge in [-0.1, -0.05) is 42.5 Å². The first-order valence-electron chi connectivity index (χ1n) is 10.6. The molecule has 5 heteroatoms. The predicted molar refractivity (Wildman–Crippen MR) is 113 cm³/mol. The van der Waals surface area contributed by atoms with Crippen LogP contribution < -0.4 is 5.32 Å². The van der Waals surface area contributed by atoms with Crippen LogP contribution in [0.1, 0.15) is 30.4 Å². The minimum Gasteiger partial charge on any atom is -0.354 e. The molecule has 0 spiro atoms. The number of hydrogen-bond donors (Lipinski definition) is 1. The normalized spacial score (nSPS) is 19.5. The number of carbonyl (C=O) groups is 1. The summed E-state index contributed by atoms with van der Waals surface area (Å²) in [6.45, 7) is 5.80. The van der Waals surface area contributed by atoms with Gasteiger partial charge in [0.2, 0.25) is 5.91 Å². The molecule has 2 aromatic carbocycles. The maximum absolute atomic E-state index is 13.1. The zero-order chi connectivity index (χ0) is 20.1. The van der Waals surface area contributed by atoms with Crippen LogP contribution in [0.25, 0.3) is 0 Å². The van der Waals surface area contributed by atoms with E-state index in [1.807, 2.05) is 18.2 Å². The molecule has 0 atom stereocenters. The van der Waals surface area contributed by atoms with Crippen molar-refractivity contribution in [1.82, 2.24) is 15.1 Å². The van der Waals surface area contributed by atoms with E-state index in [0.717, 1.165) is 64.1 Å². The van der Waals surface area contributed by atoms with E-state index in [1.54, 1.807) is 0 Å². The highest BCUT2D eigenvalue weighted by Crippen LogP contribution is 2.47. The molecule has 4 rings (SSSR count). The first kappa shape index (κ1) is 20.0. The van der Waals surface area contributed by atoms with Crippen molar-refractivity contribution in [2.75, 3.05) is 39.3 Å². The summed E-state index contributed by atoms with van der Waals surface area (Å²) in [5.41, 5.74) is 2.63. The molecule has 0 aromatic heterocycles. The van der Waals surface area contributed by atoms with Crippen molar-refractivity contribution in [3.05, 3.63) is 71.5 Å². The molecule has 1 heterocycles. The summed E-state index contributed by atoms with van der Waals surface area (Å²) in [6.07, 6.45) is 3.35. The fourth-order valence-corrected chi connectivity index (χ4v) is 4.23. The second kappa shape index (κ2) is 9.06. The Bertz CT molecular complexity index is 805. The van der Waals surface area contributed by atoms with Crippen molar-refractivity contribution in [2.45, 2.75) is 31.2 Å². The smallest absolute Gasteiger partial charge is 0.234 e. The van der Waals surface area contributed by atoms with Crippen LogP contribution in [0.2, 0.25) is 0 Å². The SMILES string of the molecule is O=C(CN1CCCN(Cc2ccc(F)cc2)CC1)NCC1(c2ccccc2)CC1. The number of carbonyl (C=O) groups excluding carboxylic acids is 1. The Balaban J connectivity index is 1.22. The molecule has 29 heavy (non-hydrogen) atoms. The first-order valence-corrected chi connectivity index (χ1v) is 10.6. The van der Waals surface area contributed by atoms with E-state index in [2.05, 4.69) is 39.4 Å². The molecule has 1 aliphatic carbocycles. The third-order valence-corrected chi connectivity index (χ3v) is 6.23. The molecular weight excluding hydrogens is 365 g/mol. The van der Waals surface area contributed by atoms with Crippen molar-refractivity contribution in [1.29, 1.82) is 0 Å². The van der Waals surface area contributed by atoms with Crippen molar-refractivity contribution in [3.8, 4) is 0 Å². The van der Waals surface area contributed by atoms with Crippen molar-refractivity contribution in [3.63, 3.8) is 0 Å². The summed E-state index contributed by atoms with van der Waals surface area (Å²) in [6, 6.07) is 17.3. The average Bonchev–Trinajstić information content (AvgIpc) is 3.55. The van der Waals surface area contributed by atoms with Gasteiger partial charge in [0.25, 0.3) is 0 Å². The molecule has 0 bridgehead atoms. The molecule has 1 saturated heterocycles. The number of hydrogen-bond acceptors (Lipinski definition) is 3. The van der Waals surface area contributed by atoms with E-state index in [-0.39, 0.29) is 17.1 Å². The third-order valence-electron chi connectivity index (χ3n) is 6.23. The Morgan fingerprint density at radius 1 is 0.931 bits per heavy atom. The number of halogens is 1. The van der Waals surface area contributed by atoms with E-state index >= 15 is 0 Å². The second-order valence-corrected chi connectivity index (χ2v) is 8.46.